The molecule has 1 aromatic heterocycles. The first kappa shape index (κ1) is 30.3. The van der Waals surface area contributed by atoms with Gasteiger partial charge in [-0.15, -0.1) is 0 Å². The lowest BCUT2D eigenvalue weighted by Crippen LogP contribution is -2.68. The average molecular weight is 619 g/mol. The van der Waals surface area contributed by atoms with Gasteiger partial charge in [0.1, 0.15) is 22.8 Å². The molecule has 12 N–H and O–H groups in total. The fourth-order valence-corrected chi connectivity index (χ4v) is 5.16. The van der Waals surface area contributed by atoms with Gasteiger partial charge in [-0.1, -0.05) is 0 Å². The highest BCUT2D eigenvalue weighted by Crippen LogP contribution is 2.59. The number of carbonyl (C=O) groups is 3. The van der Waals surface area contributed by atoms with Gasteiger partial charge in [0.2, 0.25) is 5.91 Å². The van der Waals surface area contributed by atoms with Crippen molar-refractivity contribution in [1.82, 2.24) is 9.78 Å². The molecule has 0 saturated carbocycles. The van der Waals surface area contributed by atoms with E-state index in [1.807, 2.05) is 0 Å². The fourth-order valence-electron chi connectivity index (χ4n) is 5.16. The Morgan fingerprint density at radius 1 is 0.886 bits per heavy atom. The summed E-state index contributed by atoms with van der Waals surface area (Å²) in [5, 5.41) is 112. The molecule has 0 bridgehead atoms. The Labute approximate surface area is 244 Å². The maximum absolute atomic E-state index is 14.0. The lowest BCUT2D eigenvalue weighted by atomic mass is 9.91. The van der Waals surface area contributed by atoms with Gasteiger partial charge in [-0.05, 0) is 30.7 Å². The molecule has 1 saturated heterocycles. The van der Waals surface area contributed by atoms with Crippen molar-refractivity contribution in [2.24, 2.45) is 5.73 Å². The lowest BCUT2D eigenvalue weighted by molar-refractivity contribution is -0.364. The molecule has 0 unspecified atom stereocenters. The minimum absolute atomic E-state index is 0.0354. The number of nitrogens with zero attached hydrogens (tertiary/aromatic N) is 4. The van der Waals surface area contributed by atoms with E-state index >= 15 is 0 Å². The van der Waals surface area contributed by atoms with Crippen molar-refractivity contribution < 1.29 is 70.2 Å². The third kappa shape index (κ3) is 3.99. The van der Waals surface area contributed by atoms with Crippen molar-refractivity contribution >= 4 is 29.1 Å². The number of amides is 3. The summed E-state index contributed by atoms with van der Waals surface area (Å²) in [5.41, 5.74) is -0.745. The average Bonchev–Trinajstić information content (AvgIpc) is 3.37. The minimum atomic E-state index is -4.33. The van der Waals surface area contributed by atoms with Crippen LogP contribution in [0.15, 0.2) is 24.3 Å². The minimum Gasteiger partial charge on any atom is -0.503 e. The molecule has 19 nitrogen and oxygen atoms in total. The van der Waals surface area contributed by atoms with Crippen LogP contribution in [-0.2, 0) is 10.6 Å². The number of aliphatic hydroxyl groups is 6. The Morgan fingerprint density at radius 3 is 1.89 bits per heavy atom. The van der Waals surface area contributed by atoms with Gasteiger partial charge in [-0.25, -0.2) is 9.58 Å². The van der Waals surface area contributed by atoms with E-state index in [-0.39, 0.29) is 23.4 Å². The molecular weight excluding hydrogens is 594 g/mol. The number of anilines is 2. The van der Waals surface area contributed by atoms with Crippen LogP contribution in [-0.4, -0.2) is 97.5 Å². The highest BCUT2D eigenvalue weighted by molar-refractivity contribution is 6.13. The van der Waals surface area contributed by atoms with Crippen LogP contribution < -0.4 is 20.3 Å². The van der Waals surface area contributed by atoms with Gasteiger partial charge in [-0.3, -0.25) is 19.3 Å². The van der Waals surface area contributed by atoms with Crippen molar-refractivity contribution in [3.63, 3.8) is 0 Å². The zero-order valence-electron chi connectivity index (χ0n) is 22.4. The normalized spacial score (nSPS) is 18.7. The summed E-state index contributed by atoms with van der Waals surface area (Å²) in [4.78, 5) is 38.3. The molecule has 0 aliphatic carbocycles. The highest BCUT2D eigenvalue weighted by atomic mass is 16.6. The molecular formula is C25H25N5O14. The number of methoxy groups -OCH3 is 1. The van der Waals surface area contributed by atoms with Gasteiger partial charge < -0.3 is 61.5 Å². The SMILES string of the molecule is COc1ccc(-n2nc(C(N)=O)c3c2C(=O)N(c2c(O)c(O)c(N4C(=O)CCCC4(O)O)c(O)c2O)C(O)(O)C3(O)O)cc1. The Kier molecular flexibility index (Phi) is 6.65. The Balaban J connectivity index is 1.79. The second kappa shape index (κ2) is 9.67. The van der Waals surface area contributed by atoms with E-state index in [0.717, 1.165) is 0 Å². The number of piperidine rings is 1. The van der Waals surface area contributed by atoms with Crippen LogP contribution in [0, 0.1) is 0 Å². The van der Waals surface area contributed by atoms with Crippen LogP contribution >= 0.6 is 0 Å². The maximum Gasteiger partial charge on any atom is 0.315 e. The zero-order chi connectivity index (χ0) is 32.7. The van der Waals surface area contributed by atoms with E-state index in [4.69, 9.17) is 10.5 Å². The predicted molar refractivity (Wildman–Crippen MR) is 140 cm³/mol. The molecule has 0 atom stereocenters. The van der Waals surface area contributed by atoms with E-state index < -0.39 is 98.0 Å². The Bertz CT molecular complexity index is 1700. The molecule has 0 radical (unpaired) electrons. The number of hydrogen-bond donors (Lipinski definition) is 11. The number of aromatic nitrogens is 2. The number of fused-ring (bicyclic) bond motifs is 1. The number of ether oxygens (including phenoxy) is 1. The van der Waals surface area contributed by atoms with Crippen LogP contribution in [0.2, 0.25) is 0 Å². The summed E-state index contributed by atoms with van der Waals surface area (Å²) in [6.45, 7) is 0. The van der Waals surface area contributed by atoms with Crippen LogP contribution in [0.4, 0.5) is 11.4 Å². The van der Waals surface area contributed by atoms with Crippen molar-refractivity contribution in [2.75, 3.05) is 16.9 Å². The van der Waals surface area contributed by atoms with Gasteiger partial charge in [-0.2, -0.15) is 5.10 Å². The monoisotopic (exact) mass is 619 g/mol. The van der Waals surface area contributed by atoms with Gasteiger partial charge in [0, 0.05) is 12.8 Å². The number of phenolic OH excluding ortho intramolecular Hbond substituents is 4. The first-order valence-electron chi connectivity index (χ1n) is 12.5. The topological polar surface area (TPSA) is 313 Å². The number of carbonyl (C=O) groups excluding carboxylic acids is 3. The van der Waals surface area contributed by atoms with Gasteiger partial charge in [0.05, 0.1) is 18.4 Å². The van der Waals surface area contributed by atoms with Crippen molar-refractivity contribution in [3.8, 4) is 34.4 Å². The number of rotatable bonds is 5. The summed E-state index contributed by atoms with van der Waals surface area (Å²) in [6, 6.07) is 5.33. The van der Waals surface area contributed by atoms with Crippen molar-refractivity contribution in [1.29, 1.82) is 0 Å². The summed E-state index contributed by atoms with van der Waals surface area (Å²) in [5.74, 6) is -22.0. The number of aromatic hydroxyl groups is 4. The van der Waals surface area contributed by atoms with Crippen molar-refractivity contribution in [3.05, 3.63) is 41.2 Å². The zero-order valence-corrected chi connectivity index (χ0v) is 22.4. The molecule has 5 rings (SSSR count). The maximum atomic E-state index is 14.0. The molecule has 1 fully saturated rings. The summed E-state index contributed by atoms with van der Waals surface area (Å²) in [6.07, 6.45) is -0.865. The quantitative estimate of drug-likeness (QED) is 0.0792. The third-order valence-electron chi connectivity index (χ3n) is 7.27. The van der Waals surface area contributed by atoms with E-state index in [2.05, 4.69) is 5.10 Å². The molecule has 234 valence electrons. The number of hydrogen-bond acceptors (Lipinski definition) is 15. The van der Waals surface area contributed by atoms with Crippen LogP contribution in [0.25, 0.3) is 5.69 Å². The largest absolute Gasteiger partial charge is 0.503 e. The van der Waals surface area contributed by atoms with E-state index in [1.54, 1.807) is 0 Å². The van der Waals surface area contributed by atoms with Gasteiger partial charge in [0.15, 0.2) is 28.7 Å². The van der Waals surface area contributed by atoms with Crippen LogP contribution in [0.3, 0.4) is 0 Å². The molecule has 3 amide bonds. The number of primary amides is 1. The summed E-state index contributed by atoms with van der Waals surface area (Å²) >= 11 is 0. The van der Waals surface area contributed by atoms with E-state index in [1.165, 1.54) is 31.4 Å². The molecule has 19 heteroatoms. The van der Waals surface area contributed by atoms with Crippen LogP contribution in [0.5, 0.6) is 28.7 Å². The third-order valence-corrected chi connectivity index (χ3v) is 7.27. The first-order valence-corrected chi connectivity index (χ1v) is 12.5. The number of nitrogens with two attached hydrogens (primary N) is 1. The molecule has 0 spiro atoms. The number of benzene rings is 2. The molecule has 44 heavy (non-hydrogen) atoms. The predicted octanol–water partition coefficient (Wildman–Crippen LogP) is -2.61. The fraction of sp³-hybridized carbons (Fsp3) is 0.280. The molecule has 2 aliphatic heterocycles. The number of phenols is 4. The standard InChI is InChI=1S/C25H25N5O14/c1-44-10-6-4-9(5-7-10)30-14-12(13(27-30)21(26)36)24(40,41)25(42,43)29(22(14)37)16-19(34)17(32)15(18(33)20(16)35)28-11(31)3-2-8-23(28,38)39/h4-7,32-35,38-43H,2-3,8H2,1H3,(H2,26,36). The van der Waals surface area contributed by atoms with Gasteiger partial charge >= 0.3 is 5.91 Å². The van der Waals surface area contributed by atoms with E-state index in [9.17, 15) is 65.4 Å². The highest BCUT2D eigenvalue weighted by Gasteiger charge is 2.65. The molecule has 3 aromatic rings. The molecule has 2 aliphatic rings. The van der Waals surface area contributed by atoms with Gasteiger partial charge in [0.25, 0.3) is 23.5 Å². The second-order valence-corrected chi connectivity index (χ2v) is 9.94. The summed E-state index contributed by atoms with van der Waals surface area (Å²) in [7, 11) is 1.35. The van der Waals surface area contributed by atoms with E-state index in [0.29, 0.717) is 10.4 Å². The summed E-state index contributed by atoms with van der Waals surface area (Å²) < 4.78 is 5.70. The molecule has 2 aromatic carbocycles. The lowest BCUT2D eigenvalue weighted by Gasteiger charge is -2.46. The first-order chi connectivity index (χ1) is 20.4. The molecule has 3 heterocycles. The Hall–Kier alpha value is -5.18. The van der Waals surface area contributed by atoms with Crippen LogP contribution in [0.1, 0.15) is 45.8 Å². The Morgan fingerprint density at radius 2 is 1.41 bits per heavy atom. The van der Waals surface area contributed by atoms with Crippen molar-refractivity contribution in [2.45, 2.75) is 36.9 Å². The second-order valence-electron chi connectivity index (χ2n) is 9.94. The smallest absolute Gasteiger partial charge is 0.315 e.